The van der Waals surface area contributed by atoms with Gasteiger partial charge in [-0.15, -0.1) is 0 Å². The second kappa shape index (κ2) is 7.14. The fourth-order valence-corrected chi connectivity index (χ4v) is 2.49. The summed E-state index contributed by atoms with van der Waals surface area (Å²) in [4.78, 5) is 11.6. The zero-order valence-corrected chi connectivity index (χ0v) is 11.0. The van der Waals surface area contributed by atoms with E-state index in [1.54, 1.807) is 24.7 Å². The first-order chi connectivity index (χ1) is 9.25. The normalized spacial score (nSPS) is 18.6. The molecule has 2 N–H and O–H groups in total. The predicted octanol–water partition coefficient (Wildman–Crippen LogP) is 2.35. The third-order valence-electron chi connectivity index (χ3n) is 3.65. The van der Waals surface area contributed by atoms with Crippen LogP contribution in [0, 0.1) is 5.92 Å². The second-order valence-electron chi connectivity index (χ2n) is 5.10. The highest BCUT2D eigenvalue weighted by Crippen LogP contribution is 2.26. The van der Waals surface area contributed by atoms with Crippen LogP contribution in [0.3, 0.4) is 0 Å². The number of carbonyl (C=O) groups is 1. The Morgan fingerprint density at radius 2 is 2.26 bits per heavy atom. The lowest BCUT2D eigenvalue weighted by Gasteiger charge is -2.26. The van der Waals surface area contributed by atoms with Crippen molar-refractivity contribution in [3.63, 3.8) is 0 Å². The molecule has 0 saturated heterocycles. The Bertz CT molecular complexity index is 405. The van der Waals surface area contributed by atoms with Gasteiger partial charge in [-0.3, -0.25) is 4.79 Å². The summed E-state index contributed by atoms with van der Waals surface area (Å²) in [5, 5.41) is 12.8. The second-order valence-corrected chi connectivity index (χ2v) is 5.10. The lowest BCUT2D eigenvalue weighted by atomic mass is 9.85. The van der Waals surface area contributed by atoms with E-state index in [0.29, 0.717) is 12.5 Å². The van der Waals surface area contributed by atoms with Crippen LogP contribution in [0.15, 0.2) is 29.1 Å². The molecule has 1 amide bonds. The largest absolute Gasteiger partial charge is 0.472 e. The van der Waals surface area contributed by atoms with Gasteiger partial charge in [-0.25, -0.2) is 0 Å². The third-order valence-corrected chi connectivity index (χ3v) is 3.65. The van der Waals surface area contributed by atoms with Gasteiger partial charge in [0.1, 0.15) is 0 Å². The van der Waals surface area contributed by atoms with Crippen molar-refractivity contribution in [2.45, 2.75) is 38.2 Å². The molecular weight excluding hydrogens is 242 g/mol. The lowest BCUT2D eigenvalue weighted by Crippen LogP contribution is -2.36. The van der Waals surface area contributed by atoms with Gasteiger partial charge in [-0.1, -0.05) is 19.3 Å². The van der Waals surface area contributed by atoms with Gasteiger partial charge in [0.15, 0.2) is 0 Å². The van der Waals surface area contributed by atoms with Crippen LogP contribution in [-0.4, -0.2) is 23.7 Å². The van der Waals surface area contributed by atoms with E-state index in [1.165, 1.54) is 25.3 Å². The zero-order chi connectivity index (χ0) is 13.5. The molecule has 1 saturated carbocycles. The summed E-state index contributed by atoms with van der Waals surface area (Å²) >= 11 is 0. The van der Waals surface area contributed by atoms with Gasteiger partial charge in [-0.05, 0) is 30.9 Å². The number of aliphatic hydroxyl groups excluding tert-OH is 1. The van der Waals surface area contributed by atoms with Gasteiger partial charge in [-0.2, -0.15) is 0 Å². The van der Waals surface area contributed by atoms with E-state index in [-0.39, 0.29) is 5.91 Å². The molecule has 1 aliphatic carbocycles. The Balaban J connectivity index is 1.70. The van der Waals surface area contributed by atoms with E-state index in [9.17, 15) is 9.90 Å². The predicted molar refractivity (Wildman–Crippen MR) is 73.3 cm³/mol. The Kier molecular flexibility index (Phi) is 5.21. The summed E-state index contributed by atoms with van der Waals surface area (Å²) in [6, 6.07) is 1.78. The number of rotatable bonds is 5. The Labute approximate surface area is 113 Å². The molecule has 1 heterocycles. The SMILES string of the molecule is O=C(/C=C/c1ccoc1)NCC(O)C1CCCCC1. The highest BCUT2D eigenvalue weighted by atomic mass is 16.3. The minimum atomic E-state index is -0.424. The van der Waals surface area contributed by atoms with E-state index in [0.717, 1.165) is 18.4 Å². The fourth-order valence-electron chi connectivity index (χ4n) is 2.49. The van der Waals surface area contributed by atoms with Crippen molar-refractivity contribution in [1.29, 1.82) is 0 Å². The quantitative estimate of drug-likeness (QED) is 0.802. The number of nitrogens with one attached hydrogen (secondary N) is 1. The maximum atomic E-state index is 11.6. The van der Waals surface area contributed by atoms with Gasteiger partial charge in [0.05, 0.1) is 18.6 Å². The van der Waals surface area contributed by atoms with E-state index >= 15 is 0 Å². The summed E-state index contributed by atoms with van der Waals surface area (Å²) in [5.74, 6) is 0.156. The van der Waals surface area contributed by atoms with Crippen molar-refractivity contribution in [1.82, 2.24) is 5.32 Å². The smallest absolute Gasteiger partial charge is 0.244 e. The molecule has 0 bridgehead atoms. The highest BCUT2D eigenvalue weighted by molar-refractivity contribution is 5.91. The van der Waals surface area contributed by atoms with Crippen LogP contribution in [0.25, 0.3) is 6.08 Å². The van der Waals surface area contributed by atoms with Crippen LogP contribution in [-0.2, 0) is 4.79 Å². The Morgan fingerprint density at radius 3 is 2.95 bits per heavy atom. The number of aliphatic hydroxyl groups is 1. The van der Waals surface area contributed by atoms with Crippen LogP contribution in [0.2, 0.25) is 0 Å². The molecule has 4 nitrogen and oxygen atoms in total. The molecule has 1 aromatic rings. The first-order valence-corrected chi connectivity index (χ1v) is 6.92. The fraction of sp³-hybridized carbons (Fsp3) is 0.533. The molecule has 0 spiro atoms. The first-order valence-electron chi connectivity index (χ1n) is 6.92. The minimum absolute atomic E-state index is 0.184. The van der Waals surface area contributed by atoms with Gasteiger partial charge >= 0.3 is 0 Å². The molecule has 2 rings (SSSR count). The average Bonchev–Trinajstić information content (AvgIpc) is 2.96. The van der Waals surface area contributed by atoms with Gasteiger partial charge in [0.2, 0.25) is 5.91 Å². The number of hydrogen-bond acceptors (Lipinski definition) is 3. The highest BCUT2D eigenvalue weighted by Gasteiger charge is 2.21. The number of carbonyl (C=O) groups excluding carboxylic acids is 1. The molecule has 1 aromatic heterocycles. The molecule has 1 aliphatic rings. The molecule has 1 unspecified atom stereocenters. The van der Waals surface area contributed by atoms with Gasteiger partial charge < -0.3 is 14.8 Å². The van der Waals surface area contributed by atoms with Crippen molar-refractivity contribution in [2.75, 3.05) is 6.54 Å². The molecule has 0 aromatic carbocycles. The van der Waals surface area contributed by atoms with E-state index in [4.69, 9.17) is 4.42 Å². The topological polar surface area (TPSA) is 62.5 Å². The third kappa shape index (κ3) is 4.56. The number of hydrogen-bond donors (Lipinski definition) is 2. The van der Waals surface area contributed by atoms with Crippen molar-refractivity contribution in [3.05, 3.63) is 30.2 Å². The zero-order valence-electron chi connectivity index (χ0n) is 11.0. The first kappa shape index (κ1) is 13.9. The van der Waals surface area contributed by atoms with Gasteiger partial charge in [0, 0.05) is 18.2 Å². The summed E-state index contributed by atoms with van der Waals surface area (Å²) in [6.07, 6.45) is 11.6. The molecular formula is C15H21NO3. The van der Waals surface area contributed by atoms with Crippen LogP contribution in [0.5, 0.6) is 0 Å². The van der Waals surface area contributed by atoms with Crippen LogP contribution in [0.4, 0.5) is 0 Å². The minimum Gasteiger partial charge on any atom is -0.472 e. The standard InChI is InChI=1S/C15H21NO3/c17-14(13-4-2-1-3-5-13)10-16-15(18)7-6-12-8-9-19-11-12/h6-9,11,13-14,17H,1-5,10H2,(H,16,18)/b7-6+. The van der Waals surface area contributed by atoms with E-state index < -0.39 is 6.10 Å². The van der Waals surface area contributed by atoms with Crippen molar-refractivity contribution in [2.24, 2.45) is 5.92 Å². The van der Waals surface area contributed by atoms with E-state index in [1.807, 2.05) is 0 Å². The number of amides is 1. The van der Waals surface area contributed by atoms with Crippen molar-refractivity contribution < 1.29 is 14.3 Å². The maximum absolute atomic E-state index is 11.6. The summed E-state index contributed by atoms with van der Waals surface area (Å²) in [7, 11) is 0. The molecule has 4 heteroatoms. The van der Waals surface area contributed by atoms with Crippen LogP contribution < -0.4 is 5.32 Å². The molecule has 0 radical (unpaired) electrons. The molecule has 0 aliphatic heterocycles. The monoisotopic (exact) mass is 263 g/mol. The summed E-state index contributed by atoms with van der Waals surface area (Å²) in [5.41, 5.74) is 0.850. The number of furan rings is 1. The van der Waals surface area contributed by atoms with Crippen molar-refractivity contribution >= 4 is 12.0 Å². The van der Waals surface area contributed by atoms with E-state index in [2.05, 4.69) is 5.32 Å². The Hall–Kier alpha value is -1.55. The lowest BCUT2D eigenvalue weighted by molar-refractivity contribution is -0.117. The van der Waals surface area contributed by atoms with Crippen LogP contribution >= 0.6 is 0 Å². The molecule has 19 heavy (non-hydrogen) atoms. The Morgan fingerprint density at radius 1 is 1.47 bits per heavy atom. The molecule has 1 fully saturated rings. The van der Waals surface area contributed by atoms with Crippen LogP contribution in [0.1, 0.15) is 37.7 Å². The molecule has 1 atom stereocenters. The van der Waals surface area contributed by atoms with Gasteiger partial charge in [0.25, 0.3) is 0 Å². The summed E-state index contributed by atoms with van der Waals surface area (Å²) in [6.45, 7) is 0.333. The average molecular weight is 263 g/mol. The van der Waals surface area contributed by atoms with Crippen molar-refractivity contribution in [3.8, 4) is 0 Å². The maximum Gasteiger partial charge on any atom is 0.244 e. The molecule has 104 valence electrons. The summed E-state index contributed by atoms with van der Waals surface area (Å²) < 4.78 is 4.90.